The van der Waals surface area contributed by atoms with Gasteiger partial charge in [0, 0.05) is 18.2 Å². The summed E-state index contributed by atoms with van der Waals surface area (Å²) in [5.41, 5.74) is 8.05. The number of primary amides is 1. The van der Waals surface area contributed by atoms with Crippen LogP contribution in [0.25, 0.3) is 0 Å². The summed E-state index contributed by atoms with van der Waals surface area (Å²) in [6, 6.07) is 5.53. The van der Waals surface area contributed by atoms with Crippen molar-refractivity contribution in [2.24, 2.45) is 17.6 Å². The number of nitrogens with one attached hydrogen (secondary N) is 2. The van der Waals surface area contributed by atoms with Crippen LogP contribution < -0.4 is 16.4 Å². The number of amides is 2. The van der Waals surface area contributed by atoms with Crippen LogP contribution in [-0.2, 0) is 17.8 Å². The van der Waals surface area contributed by atoms with E-state index in [9.17, 15) is 9.59 Å². The second-order valence-electron chi connectivity index (χ2n) is 8.58. The van der Waals surface area contributed by atoms with E-state index in [4.69, 9.17) is 5.73 Å². The largest absolute Gasteiger partial charge is 0.366 e. The standard InChI is InChI=1S/C22H33N3O2/c1-14(2)19(10-15-6-4-3-5-7-15)25-22(27)20-12-16-8-9-17(21(23)26)11-18(16)13-24-20/h8-9,11,14-15,19-20,24H,3-7,10,12-13H2,1-2H3,(H2,23,26)(H,25,27)/t19-,20-/m1/s1. The van der Waals surface area contributed by atoms with Crippen LogP contribution in [0.5, 0.6) is 0 Å². The van der Waals surface area contributed by atoms with Gasteiger partial charge in [-0.15, -0.1) is 0 Å². The van der Waals surface area contributed by atoms with Gasteiger partial charge in [0.25, 0.3) is 0 Å². The van der Waals surface area contributed by atoms with Crippen molar-refractivity contribution < 1.29 is 9.59 Å². The fourth-order valence-electron chi connectivity index (χ4n) is 4.42. The van der Waals surface area contributed by atoms with Crippen LogP contribution in [0.15, 0.2) is 18.2 Å². The summed E-state index contributed by atoms with van der Waals surface area (Å²) in [4.78, 5) is 24.2. The summed E-state index contributed by atoms with van der Waals surface area (Å²) in [5.74, 6) is 0.859. The summed E-state index contributed by atoms with van der Waals surface area (Å²) < 4.78 is 0. The summed E-state index contributed by atoms with van der Waals surface area (Å²) in [6.45, 7) is 4.98. The first kappa shape index (κ1) is 19.9. The van der Waals surface area contributed by atoms with Crippen molar-refractivity contribution in [3.8, 4) is 0 Å². The van der Waals surface area contributed by atoms with Crippen molar-refractivity contribution in [1.29, 1.82) is 0 Å². The summed E-state index contributed by atoms with van der Waals surface area (Å²) in [7, 11) is 0. The van der Waals surface area contributed by atoms with Crippen molar-refractivity contribution in [2.45, 2.75) is 77.4 Å². The Kier molecular flexibility index (Phi) is 6.53. The quantitative estimate of drug-likeness (QED) is 0.719. The van der Waals surface area contributed by atoms with Gasteiger partial charge in [-0.2, -0.15) is 0 Å². The molecule has 0 saturated heterocycles. The van der Waals surface area contributed by atoms with Crippen LogP contribution in [0.2, 0.25) is 0 Å². The molecule has 1 aromatic carbocycles. The third-order valence-electron chi connectivity index (χ3n) is 6.21. The Morgan fingerprint density at radius 2 is 1.93 bits per heavy atom. The average molecular weight is 372 g/mol. The van der Waals surface area contributed by atoms with Crippen molar-refractivity contribution in [3.05, 3.63) is 34.9 Å². The molecule has 27 heavy (non-hydrogen) atoms. The molecule has 1 heterocycles. The van der Waals surface area contributed by atoms with E-state index in [1.54, 1.807) is 6.07 Å². The molecule has 0 unspecified atom stereocenters. The lowest BCUT2D eigenvalue weighted by atomic mass is 9.82. The maximum atomic E-state index is 12.9. The Balaban J connectivity index is 1.60. The molecule has 5 heteroatoms. The second-order valence-corrected chi connectivity index (χ2v) is 8.58. The molecule has 2 aliphatic rings. The molecule has 5 nitrogen and oxygen atoms in total. The minimum absolute atomic E-state index is 0.0918. The maximum absolute atomic E-state index is 12.9. The zero-order valence-electron chi connectivity index (χ0n) is 16.6. The van der Waals surface area contributed by atoms with Gasteiger partial charge in [0.15, 0.2) is 0 Å². The normalized spacial score (nSPS) is 21.5. The molecule has 2 atom stereocenters. The molecule has 2 amide bonds. The molecule has 1 fully saturated rings. The smallest absolute Gasteiger partial charge is 0.248 e. The lowest BCUT2D eigenvalue weighted by Gasteiger charge is -2.32. The first-order valence-electron chi connectivity index (χ1n) is 10.4. The van der Waals surface area contributed by atoms with E-state index in [2.05, 4.69) is 24.5 Å². The lowest BCUT2D eigenvalue weighted by molar-refractivity contribution is -0.124. The van der Waals surface area contributed by atoms with Crippen molar-refractivity contribution >= 4 is 11.8 Å². The third kappa shape index (κ3) is 5.10. The number of rotatable bonds is 6. The van der Waals surface area contributed by atoms with Gasteiger partial charge >= 0.3 is 0 Å². The fourth-order valence-corrected chi connectivity index (χ4v) is 4.42. The Morgan fingerprint density at radius 3 is 2.59 bits per heavy atom. The molecule has 148 valence electrons. The van der Waals surface area contributed by atoms with Crippen LogP contribution in [0.1, 0.15) is 73.9 Å². The van der Waals surface area contributed by atoms with Crippen molar-refractivity contribution in [2.75, 3.05) is 0 Å². The van der Waals surface area contributed by atoms with Crippen molar-refractivity contribution in [1.82, 2.24) is 10.6 Å². The Hall–Kier alpha value is -1.88. The van der Waals surface area contributed by atoms with E-state index in [1.165, 1.54) is 32.1 Å². The van der Waals surface area contributed by atoms with Crippen LogP contribution in [0.4, 0.5) is 0 Å². The lowest BCUT2D eigenvalue weighted by Crippen LogP contribution is -2.52. The Morgan fingerprint density at radius 1 is 1.19 bits per heavy atom. The first-order chi connectivity index (χ1) is 12.9. The van der Waals surface area contributed by atoms with E-state index < -0.39 is 5.91 Å². The van der Waals surface area contributed by atoms with Gasteiger partial charge in [-0.05, 0) is 47.9 Å². The number of carbonyl (C=O) groups is 2. The second kappa shape index (κ2) is 8.87. The van der Waals surface area contributed by atoms with E-state index in [0.717, 1.165) is 23.5 Å². The topological polar surface area (TPSA) is 84.2 Å². The van der Waals surface area contributed by atoms with Crippen LogP contribution in [-0.4, -0.2) is 23.9 Å². The zero-order chi connectivity index (χ0) is 19.4. The fraction of sp³-hybridized carbons (Fsp3) is 0.636. The van der Waals surface area contributed by atoms with Crippen LogP contribution in [0, 0.1) is 11.8 Å². The number of benzene rings is 1. The number of fused-ring (bicyclic) bond motifs is 1. The van der Waals surface area contributed by atoms with Crippen molar-refractivity contribution in [3.63, 3.8) is 0 Å². The zero-order valence-corrected chi connectivity index (χ0v) is 16.6. The summed E-state index contributed by atoms with van der Waals surface area (Å²) in [5, 5.41) is 6.64. The molecular weight excluding hydrogens is 338 g/mol. The van der Waals surface area contributed by atoms with Gasteiger partial charge in [0.2, 0.25) is 11.8 Å². The van der Waals surface area contributed by atoms with Crippen LogP contribution >= 0.6 is 0 Å². The molecule has 1 aliphatic heterocycles. The van der Waals surface area contributed by atoms with Crippen LogP contribution in [0.3, 0.4) is 0 Å². The van der Waals surface area contributed by atoms with E-state index >= 15 is 0 Å². The third-order valence-corrected chi connectivity index (χ3v) is 6.21. The molecule has 4 N–H and O–H groups in total. The van der Waals surface area contributed by atoms with E-state index in [0.29, 0.717) is 24.4 Å². The molecule has 1 saturated carbocycles. The highest BCUT2D eigenvalue weighted by molar-refractivity contribution is 5.93. The molecule has 1 aromatic rings. The van der Waals surface area contributed by atoms with E-state index in [-0.39, 0.29) is 18.0 Å². The Labute approximate surface area is 162 Å². The van der Waals surface area contributed by atoms with Gasteiger partial charge in [-0.1, -0.05) is 52.0 Å². The molecular formula is C22H33N3O2. The number of hydrogen-bond donors (Lipinski definition) is 3. The number of carbonyl (C=O) groups excluding carboxylic acids is 2. The average Bonchev–Trinajstić information content (AvgIpc) is 2.67. The monoisotopic (exact) mass is 371 g/mol. The SMILES string of the molecule is CC(C)[C@@H](CC1CCCCC1)NC(=O)[C@H]1Cc2ccc(C(N)=O)cc2CN1. The minimum atomic E-state index is -0.417. The summed E-state index contributed by atoms with van der Waals surface area (Å²) >= 11 is 0. The first-order valence-corrected chi connectivity index (χ1v) is 10.4. The molecule has 1 aliphatic carbocycles. The highest BCUT2D eigenvalue weighted by Gasteiger charge is 2.28. The van der Waals surface area contributed by atoms with Gasteiger partial charge in [0.1, 0.15) is 0 Å². The van der Waals surface area contributed by atoms with E-state index in [1.807, 2.05) is 12.1 Å². The van der Waals surface area contributed by atoms with Gasteiger partial charge in [-0.3, -0.25) is 9.59 Å². The molecule has 0 spiro atoms. The predicted molar refractivity (Wildman–Crippen MR) is 107 cm³/mol. The predicted octanol–water partition coefficient (Wildman–Crippen LogP) is 2.91. The maximum Gasteiger partial charge on any atom is 0.248 e. The minimum Gasteiger partial charge on any atom is -0.366 e. The van der Waals surface area contributed by atoms with Gasteiger partial charge in [-0.25, -0.2) is 0 Å². The Bertz CT molecular complexity index is 680. The number of nitrogens with two attached hydrogens (primary N) is 1. The highest BCUT2D eigenvalue weighted by atomic mass is 16.2. The molecule has 0 aromatic heterocycles. The number of hydrogen-bond acceptors (Lipinski definition) is 3. The van der Waals surface area contributed by atoms with Gasteiger partial charge < -0.3 is 16.4 Å². The molecule has 0 radical (unpaired) electrons. The molecule has 0 bridgehead atoms. The summed E-state index contributed by atoms with van der Waals surface area (Å²) in [6.07, 6.45) is 8.36. The van der Waals surface area contributed by atoms with Gasteiger partial charge in [0.05, 0.1) is 6.04 Å². The highest BCUT2D eigenvalue weighted by Crippen LogP contribution is 2.29. The molecule has 3 rings (SSSR count).